The molecule has 4 aromatic carbocycles. The van der Waals surface area contributed by atoms with E-state index in [0.717, 1.165) is 27.5 Å². The Bertz CT molecular complexity index is 1460. The van der Waals surface area contributed by atoms with Crippen LogP contribution in [0, 0.1) is 0 Å². The normalized spacial score (nSPS) is 12.7. The third-order valence-electron chi connectivity index (χ3n) is 6.24. The minimum absolute atomic E-state index is 0.0368. The van der Waals surface area contributed by atoms with Gasteiger partial charge in [-0.1, -0.05) is 103 Å². The Balaban J connectivity index is 1.55. The summed E-state index contributed by atoms with van der Waals surface area (Å²) >= 11 is 0. The number of hydrogen-bond acceptors (Lipinski definition) is 6. The quantitative estimate of drug-likeness (QED) is 0.186. The molecule has 1 unspecified atom stereocenters. The molecule has 0 saturated carbocycles. The summed E-state index contributed by atoms with van der Waals surface area (Å²) in [4.78, 5) is 39.5. The molecule has 0 aliphatic rings. The van der Waals surface area contributed by atoms with Crippen LogP contribution in [0.1, 0.15) is 37.5 Å². The zero-order valence-corrected chi connectivity index (χ0v) is 23.5. The molecule has 0 aromatic heterocycles. The lowest BCUT2D eigenvalue weighted by atomic mass is 10.0. The van der Waals surface area contributed by atoms with Crippen LogP contribution in [0.15, 0.2) is 103 Å². The molecule has 0 aliphatic carbocycles. The minimum atomic E-state index is -1.23. The van der Waals surface area contributed by atoms with Gasteiger partial charge in [0.05, 0.1) is 0 Å². The largest absolute Gasteiger partial charge is 0.458 e. The van der Waals surface area contributed by atoms with Gasteiger partial charge in [-0.3, -0.25) is 0 Å². The maximum Gasteiger partial charge on any atom is 0.408 e. The highest BCUT2D eigenvalue weighted by atomic mass is 16.6. The molecule has 1 N–H and O–H groups in total. The van der Waals surface area contributed by atoms with Gasteiger partial charge >= 0.3 is 18.0 Å². The molecule has 212 valence electrons. The monoisotopic (exact) mass is 553 g/mol. The molecule has 0 radical (unpaired) electrons. The summed E-state index contributed by atoms with van der Waals surface area (Å²) < 4.78 is 16.7. The molecule has 2 atom stereocenters. The number of esters is 2. The Labute approximate surface area is 240 Å². The van der Waals surface area contributed by atoms with Crippen molar-refractivity contribution < 1.29 is 28.6 Å². The zero-order chi connectivity index (χ0) is 29.2. The predicted octanol–water partition coefficient (Wildman–Crippen LogP) is 6.17. The molecule has 7 nitrogen and oxygen atoms in total. The highest BCUT2D eigenvalue weighted by Gasteiger charge is 2.31. The second-order valence-corrected chi connectivity index (χ2v) is 10.8. The van der Waals surface area contributed by atoms with Crippen molar-refractivity contribution in [2.75, 3.05) is 0 Å². The van der Waals surface area contributed by atoms with E-state index in [2.05, 4.69) is 5.32 Å². The number of ether oxygens (including phenoxy) is 3. The Hall–Kier alpha value is -4.65. The lowest BCUT2D eigenvalue weighted by Gasteiger charge is -2.24. The van der Waals surface area contributed by atoms with Crippen molar-refractivity contribution in [1.29, 1.82) is 0 Å². The lowest BCUT2D eigenvalue weighted by molar-refractivity contribution is -0.169. The zero-order valence-electron chi connectivity index (χ0n) is 23.5. The van der Waals surface area contributed by atoms with Crippen LogP contribution >= 0.6 is 0 Å². The molecule has 4 aromatic rings. The molecule has 7 heteroatoms. The smallest absolute Gasteiger partial charge is 0.408 e. The van der Waals surface area contributed by atoms with Crippen molar-refractivity contribution in [3.05, 3.63) is 120 Å². The molecule has 1 amide bonds. The number of hydrogen-bond donors (Lipinski definition) is 1. The third kappa shape index (κ3) is 9.21. The average Bonchev–Trinajstić information content (AvgIpc) is 2.95. The second-order valence-electron chi connectivity index (χ2n) is 10.8. The van der Waals surface area contributed by atoms with E-state index in [1.165, 1.54) is 0 Å². The van der Waals surface area contributed by atoms with Gasteiger partial charge in [0.25, 0.3) is 0 Å². The van der Waals surface area contributed by atoms with Gasteiger partial charge in [-0.25, -0.2) is 14.4 Å². The fourth-order valence-electron chi connectivity index (χ4n) is 4.29. The van der Waals surface area contributed by atoms with Gasteiger partial charge in [-0.05, 0) is 48.2 Å². The number of carbonyl (C=O) groups excluding carboxylic acids is 3. The SMILES string of the molecule is CC(C)(C)OC(=O)NC(Cc1ccccc1)C(=O)O[C@H](Cc1ccc2ccccc2c1)C(=O)OCc1ccccc1. The van der Waals surface area contributed by atoms with Crippen LogP contribution in [0.3, 0.4) is 0 Å². The summed E-state index contributed by atoms with van der Waals surface area (Å²) in [5, 5.41) is 4.68. The first-order chi connectivity index (χ1) is 19.7. The van der Waals surface area contributed by atoms with Crippen LogP contribution in [0.2, 0.25) is 0 Å². The first-order valence-corrected chi connectivity index (χ1v) is 13.6. The van der Waals surface area contributed by atoms with Gasteiger partial charge in [-0.15, -0.1) is 0 Å². The van der Waals surface area contributed by atoms with Gasteiger partial charge in [0.2, 0.25) is 6.10 Å². The van der Waals surface area contributed by atoms with Gasteiger partial charge in [0, 0.05) is 12.8 Å². The Morgan fingerprint density at radius 2 is 1.29 bits per heavy atom. The van der Waals surface area contributed by atoms with Crippen molar-refractivity contribution in [3.8, 4) is 0 Å². The van der Waals surface area contributed by atoms with E-state index in [1.807, 2.05) is 103 Å². The van der Waals surface area contributed by atoms with E-state index in [0.29, 0.717) is 0 Å². The molecule has 0 fully saturated rings. The fraction of sp³-hybridized carbons (Fsp3) is 0.265. The highest BCUT2D eigenvalue weighted by Crippen LogP contribution is 2.19. The van der Waals surface area contributed by atoms with E-state index in [-0.39, 0.29) is 19.4 Å². The number of alkyl carbamates (subject to hydrolysis) is 1. The van der Waals surface area contributed by atoms with E-state index in [4.69, 9.17) is 14.2 Å². The molecule has 4 rings (SSSR count). The first kappa shape index (κ1) is 29.3. The molecule has 0 saturated heterocycles. The topological polar surface area (TPSA) is 90.9 Å². The van der Waals surface area contributed by atoms with E-state index in [1.54, 1.807) is 20.8 Å². The van der Waals surface area contributed by atoms with E-state index in [9.17, 15) is 14.4 Å². The Kier molecular flexibility index (Phi) is 9.74. The number of fused-ring (bicyclic) bond motifs is 1. The Morgan fingerprint density at radius 3 is 1.95 bits per heavy atom. The molecule has 41 heavy (non-hydrogen) atoms. The summed E-state index contributed by atoms with van der Waals surface area (Å²) in [6.07, 6.45) is -1.73. The van der Waals surface area contributed by atoms with Crippen LogP contribution < -0.4 is 5.32 Å². The van der Waals surface area contributed by atoms with Crippen molar-refractivity contribution in [2.45, 2.75) is 58.0 Å². The number of benzene rings is 4. The van der Waals surface area contributed by atoms with Crippen LogP contribution in [-0.2, 0) is 43.2 Å². The van der Waals surface area contributed by atoms with E-state index < -0.39 is 35.8 Å². The standard InChI is InChI=1S/C34H35NO6/c1-34(2,3)41-33(38)35-29(21-24-12-6-4-7-13-24)31(36)40-30(32(37)39-23-25-14-8-5-9-15-25)22-26-18-19-27-16-10-11-17-28(27)20-26/h4-20,29-30H,21-23H2,1-3H3,(H,35,38)/t29?,30-/m1/s1. The van der Waals surface area contributed by atoms with Gasteiger partial charge in [0.15, 0.2) is 0 Å². The maximum atomic E-state index is 13.5. The summed E-state index contributed by atoms with van der Waals surface area (Å²) in [5.41, 5.74) is 1.66. The molecular formula is C34H35NO6. The van der Waals surface area contributed by atoms with Gasteiger partial charge in [-0.2, -0.15) is 0 Å². The van der Waals surface area contributed by atoms with Crippen LogP contribution in [0.25, 0.3) is 10.8 Å². The van der Waals surface area contributed by atoms with Crippen molar-refractivity contribution in [1.82, 2.24) is 5.32 Å². The number of rotatable bonds is 10. The number of amides is 1. The van der Waals surface area contributed by atoms with Crippen LogP contribution in [0.5, 0.6) is 0 Å². The van der Waals surface area contributed by atoms with Crippen molar-refractivity contribution in [3.63, 3.8) is 0 Å². The fourth-order valence-corrected chi connectivity index (χ4v) is 4.29. The van der Waals surface area contributed by atoms with Crippen LogP contribution in [-0.4, -0.2) is 35.8 Å². The summed E-state index contributed by atoms with van der Waals surface area (Å²) in [6.45, 7) is 5.24. The maximum absolute atomic E-state index is 13.5. The van der Waals surface area contributed by atoms with Crippen LogP contribution in [0.4, 0.5) is 4.79 Å². The first-order valence-electron chi connectivity index (χ1n) is 13.6. The summed E-state index contributed by atoms with van der Waals surface area (Å²) in [7, 11) is 0. The highest BCUT2D eigenvalue weighted by molar-refractivity contribution is 5.86. The van der Waals surface area contributed by atoms with Crippen molar-refractivity contribution >= 4 is 28.8 Å². The van der Waals surface area contributed by atoms with Gasteiger partial charge < -0.3 is 19.5 Å². The molecule has 0 aliphatic heterocycles. The summed E-state index contributed by atoms with van der Waals surface area (Å²) in [5.74, 6) is -1.44. The molecule has 0 bridgehead atoms. The number of nitrogens with one attached hydrogen (secondary N) is 1. The van der Waals surface area contributed by atoms with Crippen molar-refractivity contribution in [2.24, 2.45) is 0 Å². The molecule has 0 spiro atoms. The predicted molar refractivity (Wildman–Crippen MR) is 157 cm³/mol. The average molecular weight is 554 g/mol. The minimum Gasteiger partial charge on any atom is -0.458 e. The van der Waals surface area contributed by atoms with Gasteiger partial charge in [0.1, 0.15) is 18.2 Å². The second kappa shape index (κ2) is 13.6. The Morgan fingerprint density at radius 1 is 0.683 bits per heavy atom. The lowest BCUT2D eigenvalue weighted by Crippen LogP contribution is -2.47. The molecule has 0 heterocycles. The van der Waals surface area contributed by atoms with E-state index >= 15 is 0 Å². The third-order valence-corrected chi connectivity index (χ3v) is 6.24. The number of carbonyl (C=O) groups is 3. The molecular weight excluding hydrogens is 518 g/mol. The summed E-state index contributed by atoms with van der Waals surface area (Å²) in [6, 6.07) is 31.1.